The molecule has 4 aliphatic carbocycles. The normalized spacial score (nSPS) is 34.8. The van der Waals surface area contributed by atoms with E-state index in [1.54, 1.807) is 48.5 Å². The van der Waals surface area contributed by atoms with Crippen molar-refractivity contribution in [3.63, 3.8) is 0 Å². The summed E-state index contributed by atoms with van der Waals surface area (Å²) < 4.78 is 74.1. The van der Waals surface area contributed by atoms with E-state index >= 15 is 8.78 Å². The van der Waals surface area contributed by atoms with Crippen molar-refractivity contribution in [2.45, 2.75) is 122 Å². The number of fused-ring (bicyclic) bond motifs is 2. The highest BCUT2D eigenvalue weighted by atomic mass is 19.1. The summed E-state index contributed by atoms with van der Waals surface area (Å²) in [4.78, 5) is 32.9. The molecule has 0 radical (unpaired) electrons. The van der Waals surface area contributed by atoms with Gasteiger partial charge in [-0.3, -0.25) is 0 Å². The van der Waals surface area contributed by atoms with Crippen LogP contribution in [0.25, 0.3) is 20.9 Å². The molecule has 2 saturated heterocycles. The third-order valence-corrected chi connectivity index (χ3v) is 14.2. The van der Waals surface area contributed by atoms with Gasteiger partial charge in [-0.1, -0.05) is 58.8 Å². The zero-order valence-electron chi connectivity index (χ0n) is 32.3. The maximum atomic E-state index is 15.2. The Morgan fingerprint density at radius 1 is 0.450 bits per heavy atom. The number of ether oxygens (including phenoxy) is 2. The molecule has 0 aromatic heterocycles. The Balaban J connectivity index is 1.33. The Labute approximate surface area is 341 Å². The van der Waals surface area contributed by atoms with Crippen molar-refractivity contribution < 1.29 is 46.6 Å². The van der Waals surface area contributed by atoms with Gasteiger partial charge >= 0.3 is 0 Å². The Bertz CT molecular complexity index is 2200. The van der Waals surface area contributed by atoms with Crippen LogP contribution in [0.3, 0.4) is 0 Å². The summed E-state index contributed by atoms with van der Waals surface area (Å²) in [6, 6.07) is 20.1. The summed E-state index contributed by atoms with van der Waals surface area (Å²) >= 11 is 0. The molecule has 6 aliphatic rings. The summed E-state index contributed by atoms with van der Waals surface area (Å²) in [5, 5.41) is 9.21. The van der Waals surface area contributed by atoms with Crippen molar-refractivity contribution >= 4 is 0 Å². The fourth-order valence-electron chi connectivity index (χ4n) is 11.7. The molecule has 60 heavy (non-hydrogen) atoms. The van der Waals surface area contributed by atoms with Crippen molar-refractivity contribution in [1.29, 1.82) is 0 Å². The fourth-order valence-corrected chi connectivity index (χ4v) is 11.7. The molecular formula is C44H40F4N6O6. The first-order valence-corrected chi connectivity index (χ1v) is 20.3. The van der Waals surface area contributed by atoms with E-state index < -0.39 is 81.2 Å². The van der Waals surface area contributed by atoms with Crippen molar-refractivity contribution in [2.75, 3.05) is 0 Å². The molecule has 8 atom stereocenters. The van der Waals surface area contributed by atoms with Crippen molar-refractivity contribution in [2.24, 2.45) is 10.2 Å². The number of hydrogen-bond donors (Lipinski definition) is 0. The molecule has 6 fully saturated rings. The van der Waals surface area contributed by atoms with E-state index in [1.807, 2.05) is 0 Å². The summed E-state index contributed by atoms with van der Waals surface area (Å²) in [6.07, 6.45) is 2.17. The van der Waals surface area contributed by atoms with Gasteiger partial charge in [-0.15, -0.1) is 0 Å². The minimum Gasteiger partial charge on any atom is -0.340 e. The van der Waals surface area contributed by atoms with Gasteiger partial charge in [0, 0.05) is 46.3 Å². The Kier molecular flexibility index (Phi) is 9.32. The molecule has 0 unspecified atom stereocenters. The molecule has 12 nitrogen and oxygen atoms in total. The van der Waals surface area contributed by atoms with Crippen LogP contribution in [0.1, 0.15) is 86.5 Å². The van der Waals surface area contributed by atoms with Gasteiger partial charge in [0.15, 0.2) is 11.2 Å². The van der Waals surface area contributed by atoms with Crippen molar-refractivity contribution in [3.05, 3.63) is 163 Å². The quantitative estimate of drug-likeness (QED) is 0.0594. The van der Waals surface area contributed by atoms with Gasteiger partial charge in [0.05, 0.1) is 12.1 Å². The third kappa shape index (κ3) is 5.59. The molecule has 2 heterocycles. The minimum absolute atomic E-state index is 0.172. The number of hydrogen-bond acceptors (Lipinski definition) is 8. The monoisotopic (exact) mass is 824 g/mol. The first-order chi connectivity index (χ1) is 29.1. The van der Waals surface area contributed by atoms with Crippen molar-refractivity contribution in [3.8, 4) is 0 Å². The molecule has 10 rings (SSSR count). The maximum Gasteiger partial charge on any atom is 0.202 e. The van der Waals surface area contributed by atoms with E-state index in [0.717, 1.165) is 25.7 Å². The highest BCUT2D eigenvalue weighted by Gasteiger charge is 2.81. The third-order valence-electron chi connectivity index (χ3n) is 14.2. The average Bonchev–Trinajstić information content (AvgIpc) is 4.04. The van der Waals surface area contributed by atoms with Gasteiger partial charge < -0.3 is 9.47 Å². The second-order valence-electron chi connectivity index (χ2n) is 17.0. The molecule has 2 aliphatic heterocycles. The van der Waals surface area contributed by atoms with E-state index in [9.17, 15) is 19.8 Å². The number of rotatable bonds is 7. The van der Waals surface area contributed by atoms with E-state index in [-0.39, 0.29) is 12.8 Å². The number of halogens is 4. The largest absolute Gasteiger partial charge is 0.340 e. The van der Waals surface area contributed by atoms with Crippen LogP contribution < -0.4 is 0 Å². The van der Waals surface area contributed by atoms with Crippen LogP contribution in [-0.2, 0) is 51.1 Å². The number of nitrogens with zero attached hydrogens (tertiary/aromatic N) is 6. The standard InChI is InChI=1S/C44H40F4N6O6/c45-31-13-5-27(6-14-31)41(25-43(29-9-17-33(47)18-10-29)37(35(41)51-53-49)55-39(57-59-43)21-1-2-22-39)42(28-7-15-32(46)16-8-28)26-44(30-11-19-34(48)20-12-30)38(36(42)52-54-50)56-40(58-60-44)23-3-4-24-40/h5-20,35-38H,1-4,21-26H2/t35-,36-,37-,38-,41+,42+,43-,44-/m1/s1. The van der Waals surface area contributed by atoms with Crippen LogP contribution >= 0.6 is 0 Å². The molecule has 0 N–H and O–H groups in total. The second-order valence-corrected chi connectivity index (χ2v) is 17.0. The van der Waals surface area contributed by atoms with E-state index in [4.69, 9.17) is 29.0 Å². The molecule has 310 valence electrons. The Morgan fingerprint density at radius 2 is 0.750 bits per heavy atom. The van der Waals surface area contributed by atoms with Crippen molar-refractivity contribution in [1.82, 2.24) is 0 Å². The van der Waals surface area contributed by atoms with E-state index in [0.29, 0.717) is 47.9 Å². The molecule has 2 spiro atoms. The van der Waals surface area contributed by atoms with Crippen LogP contribution in [0.5, 0.6) is 0 Å². The highest BCUT2D eigenvalue weighted by molar-refractivity contribution is 5.53. The smallest absolute Gasteiger partial charge is 0.202 e. The number of azide groups is 2. The Hall–Kier alpha value is -5.02. The van der Waals surface area contributed by atoms with Gasteiger partial charge in [0.1, 0.15) is 35.5 Å². The lowest BCUT2D eigenvalue weighted by molar-refractivity contribution is -0.528. The van der Waals surface area contributed by atoms with E-state index in [2.05, 4.69) is 20.1 Å². The van der Waals surface area contributed by atoms with Crippen LogP contribution in [0.2, 0.25) is 0 Å². The van der Waals surface area contributed by atoms with Crippen LogP contribution in [0, 0.1) is 23.3 Å². The Morgan fingerprint density at radius 3 is 1.05 bits per heavy atom. The lowest BCUT2D eigenvalue weighted by atomic mass is 9.51. The predicted octanol–water partition coefficient (Wildman–Crippen LogP) is 10.6. The number of benzene rings is 4. The van der Waals surface area contributed by atoms with Gasteiger partial charge in [-0.05, 0) is 120 Å². The molecule has 4 saturated carbocycles. The summed E-state index contributed by atoms with van der Waals surface area (Å²) in [5.74, 6) is -4.64. The van der Waals surface area contributed by atoms with Gasteiger partial charge in [0.25, 0.3) is 0 Å². The first kappa shape index (κ1) is 39.1. The molecule has 0 amide bonds. The van der Waals surface area contributed by atoms with E-state index in [1.165, 1.54) is 48.5 Å². The molecular weight excluding hydrogens is 785 g/mol. The van der Waals surface area contributed by atoms with Crippen LogP contribution in [0.15, 0.2) is 107 Å². The topological polar surface area (TPSA) is 153 Å². The summed E-state index contributed by atoms with van der Waals surface area (Å²) in [5.41, 5.74) is 16.3. The SMILES string of the molecule is [N-]=[N+]=N[C@@H]1[C@H]2OC3(CCCC3)OO[C@@]2(c2ccc(F)cc2)C[C@@]1(c1ccc(F)cc1)[C@]1(c2ccc(F)cc2)C[C@]2(c3ccc(F)cc3)OOC3(CCCC3)O[C@@H]2[C@H]1N=[N+]=[N-]. The average molecular weight is 825 g/mol. The van der Waals surface area contributed by atoms with Crippen LogP contribution in [-0.4, -0.2) is 35.9 Å². The predicted molar refractivity (Wildman–Crippen MR) is 204 cm³/mol. The molecule has 16 heteroatoms. The second kappa shape index (κ2) is 14.3. The summed E-state index contributed by atoms with van der Waals surface area (Å²) in [7, 11) is 0. The zero-order valence-corrected chi connectivity index (χ0v) is 32.3. The summed E-state index contributed by atoms with van der Waals surface area (Å²) in [6.45, 7) is 0. The highest BCUT2D eigenvalue weighted by Crippen LogP contribution is 2.72. The van der Waals surface area contributed by atoms with Crippen LogP contribution in [0.4, 0.5) is 17.6 Å². The fraction of sp³-hybridized carbons (Fsp3) is 0.455. The minimum atomic E-state index is -1.68. The maximum absolute atomic E-state index is 15.2. The lowest BCUT2D eigenvalue weighted by Crippen LogP contribution is -2.61. The van der Waals surface area contributed by atoms with Gasteiger partial charge in [-0.25, -0.2) is 37.1 Å². The lowest BCUT2D eigenvalue weighted by Gasteiger charge is -2.53. The first-order valence-electron chi connectivity index (χ1n) is 20.3. The van der Waals surface area contributed by atoms with Gasteiger partial charge in [-0.2, -0.15) is 0 Å². The molecule has 0 bridgehead atoms. The zero-order chi connectivity index (χ0) is 41.4. The molecule has 4 aromatic rings. The molecule has 4 aromatic carbocycles. The van der Waals surface area contributed by atoms with Gasteiger partial charge in [0.2, 0.25) is 11.6 Å².